The highest BCUT2D eigenvalue weighted by atomic mass is 79.9. The SMILES string of the molecule is C=CC[C@@]1(O)CCCC(C)(C)[C@@H]1Cc1cc(OC)ccc1Br. The van der Waals surface area contributed by atoms with Gasteiger partial charge in [-0.25, -0.2) is 0 Å². The smallest absolute Gasteiger partial charge is 0.119 e. The average molecular weight is 367 g/mol. The summed E-state index contributed by atoms with van der Waals surface area (Å²) in [6.07, 6.45) is 6.44. The van der Waals surface area contributed by atoms with E-state index in [1.54, 1.807) is 7.11 Å². The third-order valence-corrected chi connectivity index (χ3v) is 5.97. The topological polar surface area (TPSA) is 29.5 Å². The summed E-state index contributed by atoms with van der Waals surface area (Å²) in [4.78, 5) is 0. The number of halogens is 1. The van der Waals surface area contributed by atoms with E-state index < -0.39 is 5.60 Å². The molecule has 1 aromatic rings. The molecule has 22 heavy (non-hydrogen) atoms. The molecule has 0 saturated heterocycles. The van der Waals surface area contributed by atoms with E-state index in [-0.39, 0.29) is 11.3 Å². The molecule has 0 aliphatic heterocycles. The summed E-state index contributed by atoms with van der Waals surface area (Å²) in [7, 11) is 1.69. The molecule has 0 bridgehead atoms. The second kappa shape index (κ2) is 6.76. The summed E-state index contributed by atoms with van der Waals surface area (Å²) in [5.74, 6) is 1.06. The molecule has 1 saturated carbocycles. The van der Waals surface area contributed by atoms with Crippen molar-refractivity contribution in [2.24, 2.45) is 11.3 Å². The van der Waals surface area contributed by atoms with Crippen LogP contribution in [0.1, 0.15) is 45.1 Å². The number of aliphatic hydroxyl groups is 1. The Hall–Kier alpha value is -0.800. The van der Waals surface area contributed by atoms with Gasteiger partial charge >= 0.3 is 0 Å². The van der Waals surface area contributed by atoms with Gasteiger partial charge in [0.2, 0.25) is 0 Å². The maximum atomic E-state index is 11.2. The normalized spacial score (nSPS) is 27.4. The summed E-state index contributed by atoms with van der Waals surface area (Å²) in [5.41, 5.74) is 0.645. The number of benzene rings is 1. The first-order valence-corrected chi connectivity index (χ1v) is 8.77. The highest BCUT2D eigenvalue weighted by Crippen LogP contribution is 2.49. The van der Waals surface area contributed by atoms with Gasteiger partial charge in [0.15, 0.2) is 0 Å². The zero-order chi connectivity index (χ0) is 16.4. The number of ether oxygens (including phenoxy) is 1. The largest absolute Gasteiger partial charge is 0.497 e. The Balaban J connectivity index is 2.35. The molecule has 0 unspecified atom stereocenters. The minimum Gasteiger partial charge on any atom is -0.497 e. The van der Waals surface area contributed by atoms with Gasteiger partial charge in [0.1, 0.15) is 5.75 Å². The fourth-order valence-corrected chi connectivity index (χ4v) is 4.35. The maximum absolute atomic E-state index is 11.2. The Bertz CT molecular complexity index is 538. The van der Waals surface area contributed by atoms with Crippen LogP contribution in [0, 0.1) is 11.3 Å². The van der Waals surface area contributed by atoms with Crippen molar-refractivity contribution >= 4 is 15.9 Å². The average Bonchev–Trinajstić information content (AvgIpc) is 2.45. The molecule has 122 valence electrons. The van der Waals surface area contributed by atoms with E-state index >= 15 is 0 Å². The second-order valence-electron chi connectivity index (χ2n) is 7.15. The highest BCUT2D eigenvalue weighted by Gasteiger charge is 2.47. The van der Waals surface area contributed by atoms with Gasteiger partial charge in [0.05, 0.1) is 12.7 Å². The number of hydrogen-bond acceptors (Lipinski definition) is 2. The summed E-state index contributed by atoms with van der Waals surface area (Å²) < 4.78 is 6.43. The lowest BCUT2D eigenvalue weighted by atomic mass is 9.58. The summed E-state index contributed by atoms with van der Waals surface area (Å²) in [5, 5.41) is 11.2. The van der Waals surface area contributed by atoms with Crippen LogP contribution in [-0.4, -0.2) is 17.8 Å². The predicted molar refractivity (Wildman–Crippen MR) is 95.3 cm³/mol. The first-order valence-electron chi connectivity index (χ1n) is 7.98. The van der Waals surface area contributed by atoms with Crippen molar-refractivity contribution in [1.82, 2.24) is 0 Å². The van der Waals surface area contributed by atoms with Crippen LogP contribution in [0.25, 0.3) is 0 Å². The molecule has 1 N–H and O–H groups in total. The summed E-state index contributed by atoms with van der Waals surface area (Å²) in [6.45, 7) is 8.40. The van der Waals surface area contributed by atoms with Crippen molar-refractivity contribution in [1.29, 1.82) is 0 Å². The monoisotopic (exact) mass is 366 g/mol. The number of hydrogen-bond donors (Lipinski definition) is 1. The Kier molecular flexibility index (Phi) is 5.39. The molecule has 0 heterocycles. The van der Waals surface area contributed by atoms with E-state index in [2.05, 4.69) is 42.4 Å². The first-order chi connectivity index (χ1) is 10.3. The number of rotatable bonds is 5. The van der Waals surface area contributed by atoms with Crippen LogP contribution in [0.4, 0.5) is 0 Å². The third kappa shape index (κ3) is 3.57. The van der Waals surface area contributed by atoms with Gasteiger partial charge in [-0.1, -0.05) is 42.3 Å². The molecule has 0 amide bonds. The van der Waals surface area contributed by atoms with E-state index in [0.29, 0.717) is 6.42 Å². The fraction of sp³-hybridized carbons (Fsp3) is 0.579. The van der Waals surface area contributed by atoms with E-state index in [1.807, 2.05) is 18.2 Å². The van der Waals surface area contributed by atoms with Crippen molar-refractivity contribution in [2.45, 2.75) is 51.6 Å². The molecule has 0 spiro atoms. The minimum atomic E-state index is -0.661. The van der Waals surface area contributed by atoms with Crippen LogP contribution in [0.2, 0.25) is 0 Å². The molecular weight excluding hydrogens is 340 g/mol. The van der Waals surface area contributed by atoms with Gasteiger partial charge in [-0.2, -0.15) is 0 Å². The van der Waals surface area contributed by atoms with Crippen LogP contribution in [0.3, 0.4) is 0 Å². The Morgan fingerprint density at radius 1 is 1.41 bits per heavy atom. The second-order valence-corrected chi connectivity index (χ2v) is 8.01. The zero-order valence-electron chi connectivity index (χ0n) is 13.9. The molecule has 1 aromatic carbocycles. The summed E-state index contributed by atoms with van der Waals surface area (Å²) in [6, 6.07) is 6.05. The Morgan fingerprint density at radius 3 is 2.77 bits per heavy atom. The molecule has 1 aliphatic carbocycles. The van der Waals surface area contributed by atoms with Crippen molar-refractivity contribution in [3.8, 4) is 5.75 Å². The van der Waals surface area contributed by atoms with Gasteiger partial charge < -0.3 is 9.84 Å². The van der Waals surface area contributed by atoms with E-state index in [1.165, 1.54) is 5.56 Å². The van der Waals surface area contributed by atoms with Gasteiger partial charge in [-0.05, 0) is 60.8 Å². The zero-order valence-corrected chi connectivity index (χ0v) is 15.4. The van der Waals surface area contributed by atoms with E-state index in [4.69, 9.17) is 4.74 Å². The highest BCUT2D eigenvalue weighted by molar-refractivity contribution is 9.10. The minimum absolute atomic E-state index is 0.110. The van der Waals surface area contributed by atoms with Crippen LogP contribution >= 0.6 is 15.9 Å². The van der Waals surface area contributed by atoms with Crippen LogP contribution in [0.15, 0.2) is 35.3 Å². The van der Waals surface area contributed by atoms with Gasteiger partial charge in [0.25, 0.3) is 0 Å². The van der Waals surface area contributed by atoms with E-state index in [9.17, 15) is 5.11 Å². The molecule has 0 radical (unpaired) electrons. The van der Waals surface area contributed by atoms with Crippen LogP contribution < -0.4 is 4.74 Å². The molecule has 1 fully saturated rings. The van der Waals surface area contributed by atoms with E-state index in [0.717, 1.165) is 35.9 Å². The molecule has 2 rings (SSSR count). The Morgan fingerprint density at radius 2 is 2.14 bits per heavy atom. The maximum Gasteiger partial charge on any atom is 0.119 e. The third-order valence-electron chi connectivity index (χ3n) is 5.20. The van der Waals surface area contributed by atoms with Crippen molar-refractivity contribution in [3.63, 3.8) is 0 Å². The fourth-order valence-electron chi connectivity index (χ4n) is 3.94. The Labute approximate surface area is 142 Å². The van der Waals surface area contributed by atoms with Crippen LogP contribution in [-0.2, 0) is 6.42 Å². The quantitative estimate of drug-likeness (QED) is 0.731. The summed E-state index contributed by atoms with van der Waals surface area (Å²) >= 11 is 3.64. The molecule has 0 aromatic heterocycles. The standard InChI is InChI=1S/C19H27BrO2/c1-5-9-19(21)11-6-10-18(2,3)17(19)13-14-12-15(22-4)7-8-16(14)20/h5,7-8,12,17,21H,1,6,9-11,13H2,2-4H3/t17-,19+/m0/s1. The lowest BCUT2D eigenvalue weighted by Gasteiger charge is -2.49. The molecule has 3 heteroatoms. The lowest BCUT2D eigenvalue weighted by Crippen LogP contribution is -2.49. The lowest BCUT2D eigenvalue weighted by molar-refractivity contribution is -0.0995. The van der Waals surface area contributed by atoms with Crippen molar-refractivity contribution in [2.75, 3.05) is 7.11 Å². The molecule has 1 aliphatic rings. The number of methoxy groups -OCH3 is 1. The van der Waals surface area contributed by atoms with Crippen LogP contribution in [0.5, 0.6) is 5.75 Å². The predicted octanol–water partition coefficient (Wildman–Crippen LogP) is 5.13. The van der Waals surface area contributed by atoms with Gasteiger partial charge in [0, 0.05) is 4.47 Å². The van der Waals surface area contributed by atoms with Gasteiger partial charge in [-0.3, -0.25) is 0 Å². The van der Waals surface area contributed by atoms with Crippen molar-refractivity contribution < 1.29 is 9.84 Å². The van der Waals surface area contributed by atoms with Crippen molar-refractivity contribution in [3.05, 3.63) is 40.9 Å². The molecular formula is C19H27BrO2. The molecule has 2 nitrogen and oxygen atoms in total. The first kappa shape index (κ1) is 17.6. The van der Waals surface area contributed by atoms with Gasteiger partial charge in [-0.15, -0.1) is 6.58 Å². The molecule has 2 atom stereocenters.